The lowest BCUT2D eigenvalue weighted by atomic mass is 9.96. The van der Waals surface area contributed by atoms with Crippen molar-refractivity contribution in [3.05, 3.63) is 75.6 Å². The molecule has 0 atom stereocenters. The zero-order valence-corrected chi connectivity index (χ0v) is 16.8. The Bertz CT molecular complexity index is 1100. The summed E-state index contributed by atoms with van der Waals surface area (Å²) in [5.74, 6) is 0.598. The minimum atomic E-state index is -0.390. The average molecular weight is 391 g/mol. The second-order valence-electron chi connectivity index (χ2n) is 7.78. The molecule has 5 heteroatoms. The van der Waals surface area contributed by atoms with Crippen molar-refractivity contribution in [1.29, 1.82) is 0 Å². The van der Waals surface area contributed by atoms with Gasteiger partial charge in [-0.25, -0.2) is 4.79 Å². The zero-order valence-electron chi connectivity index (χ0n) is 16.8. The summed E-state index contributed by atoms with van der Waals surface area (Å²) >= 11 is 0. The van der Waals surface area contributed by atoms with Gasteiger partial charge in [-0.1, -0.05) is 30.3 Å². The maximum Gasteiger partial charge on any atom is 0.339 e. The highest BCUT2D eigenvalue weighted by Crippen LogP contribution is 2.47. The Hall–Kier alpha value is -3.08. The van der Waals surface area contributed by atoms with E-state index in [0.717, 1.165) is 23.8 Å². The van der Waals surface area contributed by atoms with E-state index in [0.29, 0.717) is 29.9 Å². The highest BCUT2D eigenvalue weighted by Gasteiger charge is 2.44. The fraction of sp³-hybridized carbons (Fsp3) is 0.333. The molecule has 1 fully saturated rings. The number of carbonyl (C=O) groups is 1. The van der Waals surface area contributed by atoms with Crippen LogP contribution in [0.1, 0.15) is 36.0 Å². The summed E-state index contributed by atoms with van der Waals surface area (Å²) < 4.78 is 10.7. The highest BCUT2D eigenvalue weighted by molar-refractivity contribution is 5.82. The molecule has 0 spiro atoms. The fourth-order valence-corrected chi connectivity index (χ4v) is 3.90. The average Bonchev–Trinajstić information content (AvgIpc) is 3.53. The number of fused-ring (bicyclic) bond motifs is 1. The van der Waals surface area contributed by atoms with E-state index in [1.807, 2.05) is 37.3 Å². The minimum Gasteiger partial charge on any atom is -0.497 e. The molecule has 0 bridgehead atoms. The molecule has 0 radical (unpaired) electrons. The molecule has 1 N–H and O–H groups in total. The Balaban J connectivity index is 1.42. The molecule has 3 aromatic rings. The van der Waals surface area contributed by atoms with Crippen molar-refractivity contribution < 1.29 is 13.9 Å². The Labute approximate surface area is 169 Å². The third-order valence-electron chi connectivity index (χ3n) is 5.96. The van der Waals surface area contributed by atoms with E-state index in [2.05, 4.69) is 17.4 Å². The number of amides is 1. The minimum absolute atomic E-state index is 0.0409. The van der Waals surface area contributed by atoms with Crippen LogP contribution in [-0.4, -0.2) is 19.6 Å². The van der Waals surface area contributed by atoms with E-state index in [1.165, 1.54) is 5.56 Å². The second-order valence-corrected chi connectivity index (χ2v) is 7.78. The predicted molar refractivity (Wildman–Crippen MR) is 112 cm³/mol. The van der Waals surface area contributed by atoms with Gasteiger partial charge < -0.3 is 14.5 Å². The summed E-state index contributed by atoms with van der Waals surface area (Å²) in [5, 5.41) is 3.92. The number of aryl methyl sites for hydroxylation is 1. The first-order chi connectivity index (χ1) is 14.0. The molecule has 4 rings (SSSR count). The molecule has 0 saturated heterocycles. The lowest BCUT2D eigenvalue weighted by molar-refractivity contribution is -0.121. The van der Waals surface area contributed by atoms with Crippen LogP contribution in [0.4, 0.5) is 0 Å². The number of hydrogen-bond acceptors (Lipinski definition) is 4. The number of methoxy groups -OCH3 is 1. The molecule has 2 aromatic carbocycles. The first-order valence-electron chi connectivity index (χ1n) is 9.95. The van der Waals surface area contributed by atoms with E-state index in [9.17, 15) is 9.59 Å². The molecule has 150 valence electrons. The number of nitrogens with one attached hydrogen (secondary N) is 1. The molecule has 1 heterocycles. The Morgan fingerprint density at radius 1 is 1.17 bits per heavy atom. The number of ether oxygens (including phenoxy) is 1. The molecule has 1 aromatic heterocycles. The number of hydrogen-bond donors (Lipinski definition) is 1. The van der Waals surface area contributed by atoms with Crippen LogP contribution in [0, 0.1) is 6.92 Å². The molecule has 5 nitrogen and oxygen atoms in total. The van der Waals surface area contributed by atoms with Crippen LogP contribution < -0.4 is 15.7 Å². The summed E-state index contributed by atoms with van der Waals surface area (Å²) in [5.41, 5.74) is 2.88. The lowest BCUT2D eigenvalue weighted by Gasteiger charge is -2.16. The van der Waals surface area contributed by atoms with Gasteiger partial charge in [-0.05, 0) is 49.4 Å². The van der Waals surface area contributed by atoms with Crippen LogP contribution in [-0.2, 0) is 16.6 Å². The molecule has 0 aliphatic heterocycles. The van der Waals surface area contributed by atoms with Crippen LogP contribution in [0.15, 0.2) is 57.7 Å². The van der Waals surface area contributed by atoms with Crippen LogP contribution in [0.3, 0.4) is 0 Å². The van der Waals surface area contributed by atoms with Crippen molar-refractivity contribution in [3.8, 4) is 5.75 Å². The molecule has 1 aliphatic carbocycles. The Morgan fingerprint density at radius 2 is 1.93 bits per heavy atom. The smallest absolute Gasteiger partial charge is 0.339 e. The van der Waals surface area contributed by atoms with Gasteiger partial charge >= 0.3 is 5.63 Å². The Morgan fingerprint density at radius 3 is 2.62 bits per heavy atom. The van der Waals surface area contributed by atoms with Gasteiger partial charge in [0.1, 0.15) is 11.3 Å². The highest BCUT2D eigenvalue weighted by atomic mass is 16.5. The van der Waals surface area contributed by atoms with Crippen molar-refractivity contribution in [1.82, 2.24) is 5.32 Å². The van der Waals surface area contributed by atoms with Crippen molar-refractivity contribution in [3.63, 3.8) is 0 Å². The van der Waals surface area contributed by atoms with Gasteiger partial charge in [0.05, 0.1) is 7.11 Å². The van der Waals surface area contributed by atoms with Gasteiger partial charge in [-0.15, -0.1) is 0 Å². The van der Waals surface area contributed by atoms with E-state index in [-0.39, 0.29) is 23.4 Å². The van der Waals surface area contributed by atoms with Crippen LogP contribution in [0.5, 0.6) is 5.75 Å². The van der Waals surface area contributed by atoms with Crippen LogP contribution in [0.2, 0.25) is 0 Å². The third kappa shape index (κ3) is 3.90. The molecular weight excluding hydrogens is 366 g/mol. The number of benzene rings is 2. The molecule has 0 unspecified atom stereocenters. The molecular formula is C24H25NO4. The normalized spacial score (nSPS) is 14.6. The number of rotatable bonds is 7. The van der Waals surface area contributed by atoms with Crippen LogP contribution >= 0.6 is 0 Å². The first-order valence-corrected chi connectivity index (χ1v) is 9.95. The van der Waals surface area contributed by atoms with Gasteiger partial charge in [0.25, 0.3) is 0 Å². The topological polar surface area (TPSA) is 68.5 Å². The summed E-state index contributed by atoms with van der Waals surface area (Å²) in [4.78, 5) is 24.9. The van der Waals surface area contributed by atoms with Gasteiger partial charge in [-0.2, -0.15) is 0 Å². The van der Waals surface area contributed by atoms with E-state index in [4.69, 9.17) is 9.15 Å². The van der Waals surface area contributed by atoms with E-state index in [1.54, 1.807) is 13.2 Å². The molecule has 1 saturated carbocycles. The SMILES string of the molecule is COc1ccc2c(C)c(CCC(=O)NCC3(c4ccccc4)CC3)c(=O)oc2c1. The van der Waals surface area contributed by atoms with Crippen molar-refractivity contribution in [2.75, 3.05) is 13.7 Å². The van der Waals surface area contributed by atoms with Gasteiger partial charge in [0, 0.05) is 35.4 Å². The summed E-state index contributed by atoms with van der Waals surface area (Å²) in [6, 6.07) is 15.8. The van der Waals surface area contributed by atoms with Gasteiger partial charge in [0.15, 0.2) is 0 Å². The number of carbonyl (C=O) groups excluding carboxylic acids is 1. The maximum atomic E-state index is 12.4. The van der Waals surface area contributed by atoms with Gasteiger partial charge in [0.2, 0.25) is 5.91 Å². The largest absolute Gasteiger partial charge is 0.497 e. The third-order valence-corrected chi connectivity index (χ3v) is 5.96. The Kier molecular flexibility index (Phi) is 5.14. The van der Waals surface area contributed by atoms with Crippen molar-refractivity contribution in [2.45, 2.75) is 38.0 Å². The zero-order chi connectivity index (χ0) is 20.4. The van der Waals surface area contributed by atoms with Crippen LogP contribution in [0.25, 0.3) is 11.0 Å². The van der Waals surface area contributed by atoms with E-state index < -0.39 is 0 Å². The van der Waals surface area contributed by atoms with Crippen molar-refractivity contribution in [2.24, 2.45) is 0 Å². The standard InChI is InChI=1S/C24H25NO4/c1-16-19-9-8-18(28-2)14-21(19)29-23(27)20(16)10-11-22(26)25-15-24(12-13-24)17-6-4-3-5-7-17/h3-9,14H,10-13,15H2,1-2H3,(H,25,26). The second kappa shape index (κ2) is 7.74. The van der Waals surface area contributed by atoms with E-state index >= 15 is 0 Å². The molecule has 1 amide bonds. The molecule has 29 heavy (non-hydrogen) atoms. The molecule has 1 aliphatic rings. The quantitative estimate of drug-likeness (QED) is 0.621. The fourth-order valence-electron chi connectivity index (χ4n) is 3.90. The lowest BCUT2D eigenvalue weighted by Crippen LogP contribution is -2.32. The van der Waals surface area contributed by atoms with Gasteiger partial charge in [-0.3, -0.25) is 4.79 Å². The predicted octanol–water partition coefficient (Wildman–Crippen LogP) is 3.89. The summed E-state index contributed by atoms with van der Waals surface area (Å²) in [6.07, 6.45) is 2.81. The van der Waals surface area contributed by atoms with Crippen molar-refractivity contribution >= 4 is 16.9 Å². The maximum absolute atomic E-state index is 12.4. The first kappa shape index (κ1) is 19.2. The summed E-state index contributed by atoms with van der Waals surface area (Å²) in [7, 11) is 1.57. The monoisotopic (exact) mass is 391 g/mol. The summed E-state index contributed by atoms with van der Waals surface area (Å²) in [6.45, 7) is 2.54.